The van der Waals surface area contributed by atoms with E-state index in [-0.39, 0.29) is 6.54 Å². The zero-order valence-electron chi connectivity index (χ0n) is 19.5. The Bertz CT molecular complexity index is 1160. The van der Waals surface area contributed by atoms with Gasteiger partial charge in [-0.1, -0.05) is 12.1 Å². The summed E-state index contributed by atoms with van der Waals surface area (Å²) >= 11 is 0. The molecule has 3 N–H and O–H groups in total. The smallest absolute Gasteiger partial charge is 0.444 e. The van der Waals surface area contributed by atoms with Gasteiger partial charge in [-0.15, -0.1) is 0 Å². The molecule has 172 valence electrons. The number of hydrogen-bond donors (Lipinski definition) is 3. The van der Waals surface area contributed by atoms with Gasteiger partial charge < -0.3 is 24.3 Å². The lowest BCUT2D eigenvalue weighted by Crippen LogP contribution is -2.41. The lowest BCUT2D eigenvalue weighted by atomic mass is 9.77. The highest BCUT2D eigenvalue weighted by Crippen LogP contribution is 2.38. The summed E-state index contributed by atoms with van der Waals surface area (Å²) < 4.78 is 17.7. The number of amides is 1. The van der Waals surface area contributed by atoms with Gasteiger partial charge in [0, 0.05) is 6.54 Å². The van der Waals surface area contributed by atoms with Crippen LogP contribution in [0.25, 0.3) is 17.0 Å². The van der Waals surface area contributed by atoms with Gasteiger partial charge in [0.1, 0.15) is 5.60 Å². The summed E-state index contributed by atoms with van der Waals surface area (Å²) in [7, 11) is -0.709. The second kappa shape index (κ2) is 8.25. The predicted molar refractivity (Wildman–Crippen MR) is 123 cm³/mol. The maximum absolute atomic E-state index is 12.2. The SMILES string of the molecule is CC(C)(C)OC(=O)NCC(=Cc1ccc2[nH]c(=O)[nH]c(=O)c2c1)B1OC(C)(C)C(C)(C)O1. The first-order valence-corrected chi connectivity index (χ1v) is 10.5. The number of hydrogen-bond acceptors (Lipinski definition) is 6. The van der Waals surface area contributed by atoms with Crippen LogP contribution >= 0.6 is 0 Å². The summed E-state index contributed by atoms with van der Waals surface area (Å²) in [5.41, 5.74) is -1.05. The van der Waals surface area contributed by atoms with Crippen molar-refractivity contribution >= 4 is 30.2 Å². The Hall–Kier alpha value is -2.85. The van der Waals surface area contributed by atoms with Crippen LogP contribution in [0.15, 0.2) is 33.3 Å². The molecular formula is C22H30BN3O6. The molecule has 1 aromatic carbocycles. The number of alkyl carbamates (subject to hydrolysis) is 1. The molecule has 1 fully saturated rings. The minimum Gasteiger partial charge on any atom is -0.444 e. The summed E-state index contributed by atoms with van der Waals surface area (Å²) in [5.74, 6) is 0. The van der Waals surface area contributed by atoms with Crippen molar-refractivity contribution in [3.8, 4) is 0 Å². The van der Waals surface area contributed by atoms with Crippen LogP contribution in [-0.4, -0.2) is 46.5 Å². The first kappa shape index (κ1) is 23.8. The molecule has 0 radical (unpaired) electrons. The first-order chi connectivity index (χ1) is 14.7. The molecule has 10 heteroatoms. The number of aromatic amines is 2. The van der Waals surface area contributed by atoms with Gasteiger partial charge in [-0.3, -0.25) is 9.78 Å². The standard InChI is InChI=1S/C22H30BN3O6/c1-20(2,3)30-19(29)24-12-14(23-31-21(4,5)22(6,7)32-23)10-13-8-9-16-15(11-13)17(27)26-18(28)25-16/h8-11H,12H2,1-7H3,(H,24,29)(H2,25,26,27,28). The zero-order valence-corrected chi connectivity index (χ0v) is 19.5. The lowest BCUT2D eigenvalue weighted by Gasteiger charge is -2.32. The monoisotopic (exact) mass is 443 g/mol. The number of aromatic nitrogens is 2. The minimum absolute atomic E-state index is 0.117. The largest absolute Gasteiger partial charge is 0.492 e. The molecule has 32 heavy (non-hydrogen) atoms. The van der Waals surface area contributed by atoms with E-state index in [9.17, 15) is 14.4 Å². The number of fused-ring (bicyclic) bond motifs is 1. The molecule has 0 unspecified atom stereocenters. The van der Waals surface area contributed by atoms with Crippen molar-refractivity contribution < 1.29 is 18.8 Å². The van der Waals surface area contributed by atoms with Gasteiger partial charge in [-0.25, -0.2) is 9.59 Å². The van der Waals surface area contributed by atoms with Crippen LogP contribution < -0.4 is 16.6 Å². The third-order valence-corrected chi connectivity index (χ3v) is 5.51. The Morgan fingerprint density at radius 1 is 1.12 bits per heavy atom. The van der Waals surface area contributed by atoms with E-state index in [0.717, 1.165) is 0 Å². The highest BCUT2D eigenvalue weighted by atomic mass is 16.7. The molecule has 0 spiro atoms. The van der Waals surface area contributed by atoms with Crippen molar-refractivity contribution in [1.29, 1.82) is 0 Å². The Morgan fingerprint density at radius 2 is 1.75 bits per heavy atom. The van der Waals surface area contributed by atoms with Crippen LogP contribution in [-0.2, 0) is 14.0 Å². The summed E-state index contributed by atoms with van der Waals surface area (Å²) in [4.78, 5) is 40.7. The van der Waals surface area contributed by atoms with E-state index >= 15 is 0 Å². The highest BCUT2D eigenvalue weighted by Gasteiger charge is 2.52. The number of rotatable bonds is 4. The number of carbonyl (C=O) groups excluding carboxylic acids is 1. The molecule has 9 nitrogen and oxygen atoms in total. The second-order valence-corrected chi connectivity index (χ2v) is 9.88. The molecule has 0 bridgehead atoms. The molecule has 1 aromatic heterocycles. The third kappa shape index (κ3) is 5.31. The molecule has 0 saturated carbocycles. The molecule has 1 aliphatic rings. The third-order valence-electron chi connectivity index (χ3n) is 5.51. The van der Waals surface area contributed by atoms with E-state index in [1.54, 1.807) is 45.0 Å². The maximum Gasteiger partial charge on any atom is 0.492 e. The average Bonchev–Trinajstić information content (AvgIpc) is 2.84. The van der Waals surface area contributed by atoms with E-state index < -0.39 is 41.3 Å². The molecule has 2 heterocycles. The quantitative estimate of drug-likeness (QED) is 0.625. The van der Waals surface area contributed by atoms with Gasteiger partial charge in [0.2, 0.25) is 0 Å². The summed E-state index contributed by atoms with van der Waals surface area (Å²) in [6.45, 7) is 13.2. The second-order valence-electron chi connectivity index (χ2n) is 9.88. The highest BCUT2D eigenvalue weighted by molar-refractivity contribution is 6.56. The van der Waals surface area contributed by atoms with Crippen LogP contribution in [0.1, 0.15) is 54.0 Å². The molecule has 2 aromatic rings. The summed E-state index contributed by atoms with van der Waals surface area (Å²) in [6, 6.07) is 5.07. The minimum atomic E-state index is -0.709. The summed E-state index contributed by atoms with van der Waals surface area (Å²) in [6.07, 6.45) is 1.23. The maximum atomic E-state index is 12.2. The van der Waals surface area contributed by atoms with Crippen LogP contribution in [0, 0.1) is 0 Å². The number of benzene rings is 1. The van der Waals surface area contributed by atoms with Gasteiger partial charge in [-0.2, -0.15) is 0 Å². The van der Waals surface area contributed by atoms with Crippen molar-refractivity contribution in [3.05, 3.63) is 50.1 Å². The topological polar surface area (TPSA) is 123 Å². The fourth-order valence-electron chi connectivity index (χ4n) is 3.17. The lowest BCUT2D eigenvalue weighted by molar-refractivity contribution is 0.00578. The number of carbonyl (C=O) groups is 1. The van der Waals surface area contributed by atoms with Crippen LogP contribution in [0.5, 0.6) is 0 Å². The van der Waals surface area contributed by atoms with Crippen molar-refractivity contribution in [1.82, 2.24) is 15.3 Å². The zero-order chi connectivity index (χ0) is 23.9. The van der Waals surface area contributed by atoms with Gasteiger partial charge >= 0.3 is 18.9 Å². The molecule has 0 atom stereocenters. The fraction of sp³-hybridized carbons (Fsp3) is 0.500. The number of nitrogens with one attached hydrogen (secondary N) is 3. The molecule has 1 saturated heterocycles. The van der Waals surface area contributed by atoms with Crippen LogP contribution in [0.4, 0.5) is 4.79 Å². The predicted octanol–water partition coefficient (Wildman–Crippen LogP) is 2.76. The average molecular weight is 443 g/mol. The summed E-state index contributed by atoms with van der Waals surface area (Å²) in [5, 5.41) is 3.08. The van der Waals surface area contributed by atoms with Gasteiger partial charge in [-0.05, 0) is 71.6 Å². The van der Waals surface area contributed by atoms with E-state index in [4.69, 9.17) is 14.0 Å². The first-order valence-electron chi connectivity index (χ1n) is 10.5. The van der Waals surface area contributed by atoms with E-state index in [0.29, 0.717) is 21.9 Å². The van der Waals surface area contributed by atoms with Crippen molar-refractivity contribution in [2.24, 2.45) is 0 Å². The Balaban J connectivity index is 1.96. The van der Waals surface area contributed by atoms with Gasteiger partial charge in [0.15, 0.2) is 0 Å². The normalized spacial score (nSPS) is 18.1. The van der Waals surface area contributed by atoms with Crippen LogP contribution in [0.3, 0.4) is 0 Å². The Labute approximate surface area is 186 Å². The molecule has 0 aliphatic carbocycles. The van der Waals surface area contributed by atoms with Crippen molar-refractivity contribution in [2.45, 2.75) is 65.3 Å². The van der Waals surface area contributed by atoms with Gasteiger partial charge in [0.05, 0.1) is 22.1 Å². The number of ether oxygens (including phenoxy) is 1. The Morgan fingerprint density at radius 3 is 2.34 bits per heavy atom. The number of H-pyrrole nitrogens is 2. The molecular weight excluding hydrogens is 413 g/mol. The van der Waals surface area contributed by atoms with Crippen molar-refractivity contribution in [2.75, 3.05) is 6.54 Å². The van der Waals surface area contributed by atoms with E-state index in [1.807, 2.05) is 27.7 Å². The molecule has 1 aliphatic heterocycles. The van der Waals surface area contributed by atoms with Crippen LogP contribution in [0.2, 0.25) is 0 Å². The van der Waals surface area contributed by atoms with E-state index in [1.165, 1.54) is 0 Å². The van der Waals surface area contributed by atoms with E-state index in [2.05, 4.69) is 15.3 Å². The van der Waals surface area contributed by atoms with Gasteiger partial charge in [0.25, 0.3) is 5.56 Å². The Kier molecular flexibility index (Phi) is 6.14. The molecule has 1 amide bonds. The molecule has 3 rings (SSSR count). The fourth-order valence-corrected chi connectivity index (χ4v) is 3.17. The van der Waals surface area contributed by atoms with Crippen molar-refractivity contribution in [3.63, 3.8) is 0 Å².